The molecule has 118 valence electrons. The van der Waals surface area contributed by atoms with Crippen LogP contribution in [0.25, 0.3) is 0 Å². The van der Waals surface area contributed by atoms with Gasteiger partial charge in [0.05, 0.1) is 18.8 Å². The highest BCUT2D eigenvalue weighted by Gasteiger charge is 2.07. The lowest BCUT2D eigenvalue weighted by Gasteiger charge is -2.18. The van der Waals surface area contributed by atoms with Gasteiger partial charge in [0.25, 0.3) is 0 Å². The molecule has 0 aliphatic rings. The Labute approximate surface area is 133 Å². The molecule has 1 atom stereocenters. The zero-order valence-electron chi connectivity index (χ0n) is 13.6. The Kier molecular flexibility index (Phi) is 6.13. The van der Waals surface area contributed by atoms with Gasteiger partial charge in [0.1, 0.15) is 17.6 Å². The summed E-state index contributed by atoms with van der Waals surface area (Å²) >= 11 is 0. The first-order valence-corrected chi connectivity index (χ1v) is 7.94. The van der Waals surface area contributed by atoms with Crippen LogP contribution in [0.5, 0.6) is 11.5 Å². The van der Waals surface area contributed by atoms with E-state index in [-0.39, 0.29) is 6.10 Å². The van der Waals surface area contributed by atoms with Crippen LogP contribution in [-0.2, 0) is 6.42 Å². The SMILES string of the molecule is CCOc1ccccc1NCC(C)Oc1ccc(CC)cc1. The van der Waals surface area contributed by atoms with Gasteiger partial charge < -0.3 is 14.8 Å². The van der Waals surface area contributed by atoms with Gasteiger partial charge in [-0.1, -0.05) is 31.2 Å². The number of aryl methyl sites for hydroxylation is 1. The van der Waals surface area contributed by atoms with E-state index in [0.717, 1.165) is 30.2 Å². The van der Waals surface area contributed by atoms with E-state index in [1.165, 1.54) is 5.56 Å². The van der Waals surface area contributed by atoms with Crippen LogP contribution in [0.1, 0.15) is 26.3 Å². The van der Waals surface area contributed by atoms with Gasteiger partial charge in [-0.25, -0.2) is 0 Å². The molecule has 1 unspecified atom stereocenters. The second-order valence-electron chi connectivity index (χ2n) is 5.24. The Bertz CT molecular complexity index is 566. The van der Waals surface area contributed by atoms with Gasteiger partial charge in [-0.3, -0.25) is 0 Å². The summed E-state index contributed by atoms with van der Waals surface area (Å²) in [5, 5.41) is 3.39. The van der Waals surface area contributed by atoms with Gasteiger partial charge in [0, 0.05) is 0 Å². The minimum atomic E-state index is 0.0714. The standard InChI is InChI=1S/C19H25NO2/c1-4-16-10-12-17(13-11-16)22-15(3)14-20-18-8-6-7-9-19(18)21-5-2/h6-13,15,20H,4-5,14H2,1-3H3. The van der Waals surface area contributed by atoms with Crippen molar-refractivity contribution in [1.82, 2.24) is 0 Å². The van der Waals surface area contributed by atoms with Gasteiger partial charge in [-0.2, -0.15) is 0 Å². The molecule has 0 saturated carbocycles. The maximum absolute atomic E-state index is 5.93. The molecule has 0 saturated heterocycles. The van der Waals surface area contributed by atoms with Crippen molar-refractivity contribution in [3.63, 3.8) is 0 Å². The van der Waals surface area contributed by atoms with E-state index >= 15 is 0 Å². The van der Waals surface area contributed by atoms with E-state index in [0.29, 0.717) is 6.61 Å². The third-order valence-electron chi connectivity index (χ3n) is 3.44. The Morgan fingerprint density at radius 1 is 1.00 bits per heavy atom. The Hall–Kier alpha value is -2.16. The molecule has 2 aromatic rings. The van der Waals surface area contributed by atoms with Crippen LogP contribution in [0.4, 0.5) is 5.69 Å². The fourth-order valence-electron chi connectivity index (χ4n) is 2.23. The summed E-state index contributed by atoms with van der Waals surface area (Å²) in [6.07, 6.45) is 1.12. The first kappa shape index (κ1) is 16.2. The summed E-state index contributed by atoms with van der Waals surface area (Å²) in [6, 6.07) is 16.3. The molecule has 0 aromatic heterocycles. The second kappa shape index (κ2) is 8.32. The number of anilines is 1. The largest absolute Gasteiger partial charge is 0.492 e. The molecular weight excluding hydrogens is 274 g/mol. The molecule has 0 fully saturated rings. The van der Waals surface area contributed by atoms with E-state index in [1.54, 1.807) is 0 Å². The molecule has 0 aliphatic carbocycles. The van der Waals surface area contributed by atoms with Crippen LogP contribution in [0.3, 0.4) is 0 Å². The van der Waals surface area contributed by atoms with Gasteiger partial charge in [0.2, 0.25) is 0 Å². The lowest BCUT2D eigenvalue weighted by Crippen LogP contribution is -2.22. The molecule has 0 heterocycles. The summed E-state index contributed by atoms with van der Waals surface area (Å²) in [5.74, 6) is 1.79. The monoisotopic (exact) mass is 299 g/mol. The Balaban J connectivity index is 1.88. The first-order valence-electron chi connectivity index (χ1n) is 7.94. The summed E-state index contributed by atoms with van der Waals surface area (Å²) in [7, 11) is 0. The van der Waals surface area contributed by atoms with Crippen molar-refractivity contribution in [1.29, 1.82) is 0 Å². The van der Waals surface area contributed by atoms with Crippen molar-refractivity contribution in [3.8, 4) is 11.5 Å². The number of rotatable bonds is 8. The zero-order chi connectivity index (χ0) is 15.8. The average molecular weight is 299 g/mol. The van der Waals surface area contributed by atoms with E-state index in [4.69, 9.17) is 9.47 Å². The summed E-state index contributed by atoms with van der Waals surface area (Å²) in [4.78, 5) is 0. The van der Waals surface area contributed by atoms with Crippen molar-refractivity contribution in [2.24, 2.45) is 0 Å². The average Bonchev–Trinajstić information content (AvgIpc) is 2.55. The molecule has 2 aromatic carbocycles. The molecule has 0 spiro atoms. The Morgan fingerprint density at radius 2 is 1.73 bits per heavy atom. The van der Waals surface area contributed by atoms with Crippen molar-refractivity contribution in [2.75, 3.05) is 18.5 Å². The lowest BCUT2D eigenvalue weighted by molar-refractivity contribution is 0.234. The molecule has 3 heteroatoms. The fourth-order valence-corrected chi connectivity index (χ4v) is 2.23. The maximum Gasteiger partial charge on any atom is 0.142 e. The topological polar surface area (TPSA) is 30.5 Å². The van der Waals surface area contributed by atoms with Gasteiger partial charge in [-0.05, 0) is 50.1 Å². The highest BCUT2D eigenvalue weighted by Crippen LogP contribution is 2.23. The number of ether oxygens (including phenoxy) is 2. The summed E-state index contributed by atoms with van der Waals surface area (Å²) in [6.45, 7) is 7.58. The predicted octanol–water partition coefficient (Wildman–Crippen LogP) is 4.53. The van der Waals surface area contributed by atoms with Crippen molar-refractivity contribution in [3.05, 3.63) is 54.1 Å². The quantitative estimate of drug-likeness (QED) is 0.777. The van der Waals surface area contributed by atoms with Crippen molar-refractivity contribution in [2.45, 2.75) is 33.3 Å². The maximum atomic E-state index is 5.93. The second-order valence-corrected chi connectivity index (χ2v) is 5.24. The number of nitrogens with one attached hydrogen (secondary N) is 1. The first-order chi connectivity index (χ1) is 10.7. The molecule has 0 aliphatic heterocycles. The number of benzene rings is 2. The van der Waals surface area contributed by atoms with Crippen LogP contribution >= 0.6 is 0 Å². The van der Waals surface area contributed by atoms with Crippen LogP contribution < -0.4 is 14.8 Å². The fraction of sp³-hybridized carbons (Fsp3) is 0.368. The molecule has 0 amide bonds. The predicted molar refractivity (Wildman–Crippen MR) is 92.0 cm³/mol. The molecule has 22 heavy (non-hydrogen) atoms. The number of para-hydroxylation sites is 2. The Morgan fingerprint density at radius 3 is 2.41 bits per heavy atom. The minimum Gasteiger partial charge on any atom is -0.492 e. The third-order valence-corrected chi connectivity index (χ3v) is 3.44. The molecule has 0 radical (unpaired) electrons. The molecule has 0 bridgehead atoms. The van der Waals surface area contributed by atoms with E-state index in [2.05, 4.69) is 31.3 Å². The molecule has 1 N–H and O–H groups in total. The van der Waals surface area contributed by atoms with E-state index in [9.17, 15) is 0 Å². The lowest BCUT2D eigenvalue weighted by atomic mass is 10.2. The van der Waals surface area contributed by atoms with Gasteiger partial charge in [0.15, 0.2) is 0 Å². The van der Waals surface area contributed by atoms with Crippen molar-refractivity contribution < 1.29 is 9.47 Å². The van der Waals surface area contributed by atoms with Crippen LogP contribution in [0, 0.1) is 0 Å². The van der Waals surface area contributed by atoms with Crippen molar-refractivity contribution >= 4 is 5.69 Å². The molecular formula is C19H25NO2. The number of hydrogen-bond acceptors (Lipinski definition) is 3. The number of hydrogen-bond donors (Lipinski definition) is 1. The molecule has 2 rings (SSSR count). The summed E-state index contributed by atoms with van der Waals surface area (Å²) < 4.78 is 11.5. The van der Waals surface area contributed by atoms with Crippen LogP contribution in [-0.4, -0.2) is 19.3 Å². The van der Waals surface area contributed by atoms with Gasteiger partial charge in [-0.15, -0.1) is 0 Å². The normalized spacial score (nSPS) is 11.8. The summed E-state index contributed by atoms with van der Waals surface area (Å²) in [5.41, 5.74) is 2.32. The third kappa shape index (κ3) is 4.69. The van der Waals surface area contributed by atoms with E-state index < -0.39 is 0 Å². The van der Waals surface area contributed by atoms with Crippen LogP contribution in [0.2, 0.25) is 0 Å². The minimum absolute atomic E-state index is 0.0714. The van der Waals surface area contributed by atoms with Gasteiger partial charge >= 0.3 is 0 Å². The highest BCUT2D eigenvalue weighted by molar-refractivity contribution is 5.56. The zero-order valence-corrected chi connectivity index (χ0v) is 13.6. The smallest absolute Gasteiger partial charge is 0.142 e. The molecule has 3 nitrogen and oxygen atoms in total. The van der Waals surface area contributed by atoms with E-state index in [1.807, 2.05) is 43.3 Å². The highest BCUT2D eigenvalue weighted by atomic mass is 16.5. The van der Waals surface area contributed by atoms with Crippen LogP contribution in [0.15, 0.2) is 48.5 Å².